The Morgan fingerprint density at radius 2 is 1.93 bits per heavy atom. The third kappa shape index (κ3) is 8.78. The van der Waals surface area contributed by atoms with Crippen molar-refractivity contribution < 1.29 is 9.59 Å². The third-order valence-corrected chi connectivity index (χ3v) is 1.70. The molecule has 5 nitrogen and oxygen atoms in total. The normalized spacial score (nSPS) is 9.07. The summed E-state index contributed by atoms with van der Waals surface area (Å²) in [7, 11) is 0. The summed E-state index contributed by atoms with van der Waals surface area (Å²) in [5.41, 5.74) is 5.05. The van der Waals surface area contributed by atoms with Crippen molar-refractivity contribution in [3.05, 3.63) is 0 Å². The number of rotatable bonds is 7. The van der Waals surface area contributed by atoms with Crippen molar-refractivity contribution in [2.45, 2.75) is 19.3 Å². The van der Waals surface area contributed by atoms with Crippen LogP contribution < -0.4 is 16.4 Å². The third-order valence-electron chi connectivity index (χ3n) is 1.70. The lowest BCUT2D eigenvalue weighted by atomic mass is 10.2. The molecule has 0 aromatic heterocycles. The van der Waals surface area contributed by atoms with Gasteiger partial charge in [0.1, 0.15) is 0 Å². The van der Waals surface area contributed by atoms with Crippen LogP contribution in [0.3, 0.4) is 0 Å². The van der Waals surface area contributed by atoms with Crippen LogP contribution in [0.2, 0.25) is 0 Å². The Morgan fingerprint density at radius 3 is 2.53 bits per heavy atom. The quantitative estimate of drug-likeness (QED) is 0.372. The maximum atomic E-state index is 11.1. The summed E-state index contributed by atoms with van der Waals surface area (Å²) < 4.78 is 0. The van der Waals surface area contributed by atoms with Crippen LogP contribution >= 0.6 is 0 Å². The van der Waals surface area contributed by atoms with E-state index in [1.165, 1.54) is 0 Å². The van der Waals surface area contributed by atoms with Crippen molar-refractivity contribution >= 4 is 11.8 Å². The van der Waals surface area contributed by atoms with Gasteiger partial charge in [0, 0.05) is 13.0 Å². The number of hydrogen-bond acceptors (Lipinski definition) is 3. The molecule has 4 N–H and O–H groups in total. The summed E-state index contributed by atoms with van der Waals surface area (Å²) in [6.07, 6.45) is 7.53. The number of nitrogens with two attached hydrogens (primary N) is 1. The van der Waals surface area contributed by atoms with E-state index >= 15 is 0 Å². The molecule has 0 aliphatic carbocycles. The first kappa shape index (κ1) is 13.5. The second-order valence-electron chi connectivity index (χ2n) is 2.99. The van der Waals surface area contributed by atoms with Crippen molar-refractivity contribution in [3.63, 3.8) is 0 Å². The molecule has 0 saturated heterocycles. The van der Waals surface area contributed by atoms with E-state index in [0.717, 1.165) is 19.3 Å². The van der Waals surface area contributed by atoms with Gasteiger partial charge in [-0.25, -0.2) is 0 Å². The number of amides is 2. The molecule has 0 bridgehead atoms. The van der Waals surface area contributed by atoms with Crippen molar-refractivity contribution in [1.29, 1.82) is 0 Å². The SMILES string of the molecule is C#CCCCCNC(=O)CNC(=O)CN. The Labute approximate surface area is 89.8 Å². The molecule has 0 heterocycles. The summed E-state index contributed by atoms with van der Waals surface area (Å²) >= 11 is 0. The number of nitrogens with one attached hydrogen (secondary N) is 2. The van der Waals surface area contributed by atoms with Gasteiger partial charge in [0.05, 0.1) is 13.1 Å². The zero-order valence-electron chi connectivity index (χ0n) is 8.71. The monoisotopic (exact) mass is 211 g/mol. The minimum atomic E-state index is -0.336. The predicted molar refractivity (Wildman–Crippen MR) is 57.8 cm³/mol. The molecule has 2 amide bonds. The van der Waals surface area contributed by atoms with Crippen molar-refractivity contribution in [1.82, 2.24) is 10.6 Å². The second-order valence-corrected chi connectivity index (χ2v) is 2.99. The lowest BCUT2D eigenvalue weighted by Gasteiger charge is -2.05. The number of carbonyl (C=O) groups excluding carboxylic acids is 2. The first-order chi connectivity index (χ1) is 7.20. The fourth-order valence-corrected chi connectivity index (χ4v) is 0.893. The van der Waals surface area contributed by atoms with Crippen LogP contribution in [0.15, 0.2) is 0 Å². The van der Waals surface area contributed by atoms with Gasteiger partial charge in [-0.1, -0.05) is 0 Å². The summed E-state index contributed by atoms with van der Waals surface area (Å²) in [5.74, 6) is 1.97. The molecule has 0 spiro atoms. The van der Waals surface area contributed by atoms with E-state index in [0.29, 0.717) is 6.54 Å². The molecule has 0 rings (SSSR count). The number of carbonyl (C=O) groups is 2. The van der Waals surface area contributed by atoms with E-state index in [4.69, 9.17) is 12.2 Å². The fourth-order valence-electron chi connectivity index (χ4n) is 0.893. The Balaban J connectivity index is 3.34. The van der Waals surface area contributed by atoms with Crippen LogP contribution in [0.1, 0.15) is 19.3 Å². The summed E-state index contributed by atoms with van der Waals surface area (Å²) in [6.45, 7) is 0.458. The Bertz CT molecular complexity index is 246. The summed E-state index contributed by atoms with van der Waals surface area (Å²) in [5, 5.41) is 5.03. The minimum Gasteiger partial charge on any atom is -0.355 e. The highest BCUT2D eigenvalue weighted by molar-refractivity contribution is 5.85. The van der Waals surface area contributed by atoms with Gasteiger partial charge in [-0.3, -0.25) is 9.59 Å². The highest BCUT2D eigenvalue weighted by Gasteiger charge is 2.02. The van der Waals surface area contributed by atoms with Crippen molar-refractivity contribution in [2.75, 3.05) is 19.6 Å². The molecule has 0 unspecified atom stereocenters. The minimum absolute atomic E-state index is 0.0226. The van der Waals surface area contributed by atoms with Gasteiger partial charge < -0.3 is 16.4 Å². The molecule has 15 heavy (non-hydrogen) atoms. The van der Waals surface area contributed by atoms with Gasteiger partial charge in [0.15, 0.2) is 0 Å². The first-order valence-corrected chi connectivity index (χ1v) is 4.87. The topological polar surface area (TPSA) is 84.2 Å². The lowest BCUT2D eigenvalue weighted by Crippen LogP contribution is -2.39. The number of terminal acetylenes is 1. The molecule has 0 aromatic carbocycles. The largest absolute Gasteiger partial charge is 0.355 e. The Kier molecular flexibility index (Phi) is 8.10. The number of hydrogen-bond donors (Lipinski definition) is 3. The van der Waals surface area contributed by atoms with E-state index in [-0.39, 0.29) is 24.9 Å². The molecule has 0 aromatic rings. The molecular formula is C10H17N3O2. The van der Waals surface area contributed by atoms with Gasteiger partial charge >= 0.3 is 0 Å². The molecule has 0 radical (unpaired) electrons. The standard InChI is InChI=1S/C10H17N3O2/c1-2-3-4-5-6-12-10(15)8-13-9(14)7-11/h1H,3-8,11H2,(H,12,15)(H,13,14). The molecule has 0 aliphatic heterocycles. The van der Waals surface area contributed by atoms with Gasteiger partial charge in [-0.2, -0.15) is 0 Å². The van der Waals surface area contributed by atoms with Crippen LogP contribution in [0, 0.1) is 12.3 Å². The van der Waals surface area contributed by atoms with Gasteiger partial charge in [0.25, 0.3) is 0 Å². The van der Waals surface area contributed by atoms with Gasteiger partial charge in [-0.05, 0) is 12.8 Å². The first-order valence-electron chi connectivity index (χ1n) is 4.87. The van der Waals surface area contributed by atoms with E-state index in [2.05, 4.69) is 16.6 Å². The molecule has 0 aliphatic rings. The fraction of sp³-hybridized carbons (Fsp3) is 0.600. The van der Waals surface area contributed by atoms with E-state index in [1.807, 2.05) is 0 Å². The molecule has 0 saturated carbocycles. The predicted octanol–water partition coefficient (Wildman–Crippen LogP) is -1.02. The van der Waals surface area contributed by atoms with Crippen LogP contribution in [0.4, 0.5) is 0 Å². The summed E-state index contributed by atoms with van der Waals surface area (Å²) in [4.78, 5) is 21.8. The van der Waals surface area contributed by atoms with Crippen LogP contribution in [0.5, 0.6) is 0 Å². The summed E-state index contributed by atoms with van der Waals surface area (Å²) in [6, 6.07) is 0. The zero-order valence-corrected chi connectivity index (χ0v) is 8.71. The number of unbranched alkanes of at least 4 members (excludes halogenated alkanes) is 2. The molecule has 0 fully saturated rings. The van der Waals surface area contributed by atoms with Gasteiger partial charge in [-0.15, -0.1) is 12.3 Å². The maximum absolute atomic E-state index is 11.1. The highest BCUT2D eigenvalue weighted by atomic mass is 16.2. The van der Waals surface area contributed by atoms with E-state index < -0.39 is 0 Å². The highest BCUT2D eigenvalue weighted by Crippen LogP contribution is 1.90. The van der Waals surface area contributed by atoms with Crippen molar-refractivity contribution in [2.24, 2.45) is 5.73 Å². The zero-order chi connectivity index (χ0) is 11.5. The van der Waals surface area contributed by atoms with Gasteiger partial charge in [0.2, 0.25) is 11.8 Å². The lowest BCUT2D eigenvalue weighted by molar-refractivity contribution is -0.125. The van der Waals surface area contributed by atoms with Crippen molar-refractivity contribution in [3.8, 4) is 12.3 Å². The average molecular weight is 211 g/mol. The smallest absolute Gasteiger partial charge is 0.239 e. The van der Waals surface area contributed by atoms with Crippen LogP contribution in [-0.2, 0) is 9.59 Å². The van der Waals surface area contributed by atoms with E-state index in [9.17, 15) is 9.59 Å². The molecule has 0 atom stereocenters. The molecule has 5 heteroatoms. The molecule has 84 valence electrons. The average Bonchev–Trinajstić information content (AvgIpc) is 2.25. The Hall–Kier alpha value is -1.54. The maximum Gasteiger partial charge on any atom is 0.239 e. The van der Waals surface area contributed by atoms with Crippen LogP contribution in [0.25, 0.3) is 0 Å². The van der Waals surface area contributed by atoms with E-state index in [1.54, 1.807) is 0 Å². The Morgan fingerprint density at radius 1 is 1.20 bits per heavy atom. The molecular weight excluding hydrogens is 194 g/mol. The second kappa shape index (κ2) is 9.03. The van der Waals surface area contributed by atoms with Crippen LogP contribution in [-0.4, -0.2) is 31.4 Å².